The molecule has 1 saturated carbocycles. The quantitative estimate of drug-likeness (QED) is 0.213. The van der Waals surface area contributed by atoms with E-state index in [1.54, 1.807) is 18.2 Å². The van der Waals surface area contributed by atoms with Crippen LogP contribution in [0.2, 0.25) is 0 Å². The van der Waals surface area contributed by atoms with Gasteiger partial charge in [0.05, 0.1) is 22.2 Å². The summed E-state index contributed by atoms with van der Waals surface area (Å²) in [5.41, 5.74) is -1.54. The maximum absolute atomic E-state index is 15.5. The van der Waals surface area contributed by atoms with Gasteiger partial charge < -0.3 is 9.55 Å². The average molecular weight is 579 g/mol. The third kappa shape index (κ3) is 4.53. The number of pyridine rings is 1. The number of rotatable bonds is 7. The second-order valence-electron chi connectivity index (χ2n) is 9.73. The van der Waals surface area contributed by atoms with Crippen LogP contribution >= 0.6 is 0 Å². The number of fused-ring (bicyclic) bond motifs is 3. The Morgan fingerprint density at radius 1 is 1.05 bits per heavy atom. The van der Waals surface area contributed by atoms with Gasteiger partial charge in [0.1, 0.15) is 17.3 Å². The fourth-order valence-corrected chi connectivity index (χ4v) is 6.33. The van der Waals surface area contributed by atoms with Crippen LogP contribution in [0.5, 0.6) is 0 Å². The number of amides is 1. The summed E-state index contributed by atoms with van der Waals surface area (Å²) in [6, 6.07) is 13.2. The summed E-state index contributed by atoms with van der Waals surface area (Å²) < 4.78 is 59.3. The molecule has 0 saturated heterocycles. The number of H-pyrrole nitrogens is 1. The predicted molar refractivity (Wildman–Crippen MR) is 147 cm³/mol. The largest absolute Gasteiger partial charge is 0.331 e. The summed E-state index contributed by atoms with van der Waals surface area (Å²) in [5, 5.41) is 11.4. The lowest BCUT2D eigenvalue weighted by Gasteiger charge is -2.13. The number of halogens is 2. The normalized spacial score (nSPS) is 13.5. The van der Waals surface area contributed by atoms with E-state index in [1.165, 1.54) is 29.0 Å². The van der Waals surface area contributed by atoms with Crippen molar-refractivity contribution in [3.63, 3.8) is 0 Å². The van der Waals surface area contributed by atoms with Gasteiger partial charge in [-0.15, -0.1) is 0 Å². The van der Waals surface area contributed by atoms with E-state index < -0.39 is 55.5 Å². The van der Waals surface area contributed by atoms with Gasteiger partial charge in [0.25, 0.3) is 17.2 Å². The lowest BCUT2D eigenvalue weighted by Crippen LogP contribution is -2.35. The number of carbonyl (C=O) groups excluding carboxylic acids is 1. The molecule has 10 nitrogen and oxygen atoms in total. The average Bonchev–Trinajstić information content (AvgIpc) is 3.75. The highest BCUT2D eigenvalue weighted by atomic mass is 32.2. The second-order valence-corrected chi connectivity index (χ2v) is 11.7. The maximum Gasteiger partial charge on any atom is 0.282 e. The lowest BCUT2D eigenvalue weighted by atomic mass is 9.98. The molecule has 0 atom stereocenters. The first-order valence-electron chi connectivity index (χ1n) is 12.5. The van der Waals surface area contributed by atoms with Gasteiger partial charge in [0.15, 0.2) is 0 Å². The Bertz CT molecular complexity index is 2080. The number of sulfonamides is 1. The van der Waals surface area contributed by atoms with Gasteiger partial charge in [-0.25, -0.2) is 21.9 Å². The Morgan fingerprint density at radius 2 is 1.78 bits per heavy atom. The summed E-state index contributed by atoms with van der Waals surface area (Å²) in [5.74, 6) is -2.63. The number of nitro groups is 1. The van der Waals surface area contributed by atoms with E-state index in [0.29, 0.717) is 18.2 Å². The number of hydrogen-bond acceptors (Lipinski definition) is 6. The topological polar surface area (TPSA) is 144 Å². The Morgan fingerprint density at radius 3 is 2.46 bits per heavy atom. The highest BCUT2D eigenvalue weighted by molar-refractivity contribution is 7.91. The van der Waals surface area contributed by atoms with Crippen LogP contribution in [0, 0.1) is 21.7 Å². The first-order chi connectivity index (χ1) is 19.6. The number of benzene rings is 3. The predicted octanol–water partition coefficient (Wildman–Crippen LogP) is 4.61. The smallest absolute Gasteiger partial charge is 0.282 e. The molecule has 1 fully saturated rings. The molecule has 3 aromatic carbocycles. The molecule has 1 aliphatic rings. The number of nitrogens with one attached hydrogen (secondary N) is 2. The van der Waals surface area contributed by atoms with Crippen LogP contribution in [-0.2, 0) is 16.6 Å². The van der Waals surface area contributed by atoms with Gasteiger partial charge in [-0.05, 0) is 42.5 Å². The van der Waals surface area contributed by atoms with Crippen LogP contribution in [0.1, 0.15) is 28.9 Å². The van der Waals surface area contributed by atoms with Crippen molar-refractivity contribution in [1.82, 2.24) is 14.3 Å². The molecule has 5 aromatic rings. The zero-order chi connectivity index (χ0) is 29.1. The van der Waals surface area contributed by atoms with Crippen molar-refractivity contribution < 1.29 is 26.9 Å². The Hall–Kier alpha value is -4.91. The van der Waals surface area contributed by atoms with Gasteiger partial charge in [-0.2, -0.15) is 0 Å². The van der Waals surface area contributed by atoms with E-state index in [2.05, 4.69) is 9.71 Å². The van der Waals surface area contributed by atoms with Gasteiger partial charge in [0, 0.05) is 45.8 Å². The minimum atomic E-state index is -4.08. The summed E-state index contributed by atoms with van der Waals surface area (Å²) in [6.07, 6.45) is 2.11. The van der Waals surface area contributed by atoms with Crippen molar-refractivity contribution in [3.05, 3.63) is 110 Å². The molecular formula is C28H20F2N4O6S. The fraction of sp³-hybridized carbons (Fsp3) is 0.143. The van der Waals surface area contributed by atoms with E-state index in [-0.39, 0.29) is 38.7 Å². The molecule has 2 aromatic heterocycles. The summed E-state index contributed by atoms with van der Waals surface area (Å²) >= 11 is 0. The minimum Gasteiger partial charge on any atom is -0.331 e. The fourth-order valence-electron chi connectivity index (χ4n) is 5.05. The van der Waals surface area contributed by atoms with Gasteiger partial charge in [-0.3, -0.25) is 19.7 Å². The third-order valence-electron chi connectivity index (χ3n) is 7.09. The maximum atomic E-state index is 15.5. The zero-order valence-corrected chi connectivity index (χ0v) is 21.9. The van der Waals surface area contributed by atoms with Crippen molar-refractivity contribution in [3.8, 4) is 11.1 Å². The van der Waals surface area contributed by atoms with E-state index in [9.17, 15) is 28.1 Å². The van der Waals surface area contributed by atoms with Crippen LogP contribution in [-0.4, -0.2) is 34.0 Å². The number of aromatic amines is 1. The van der Waals surface area contributed by atoms with Crippen LogP contribution in [0.25, 0.3) is 32.8 Å². The Kier molecular flexibility index (Phi) is 6.18. The molecule has 2 heterocycles. The van der Waals surface area contributed by atoms with Crippen molar-refractivity contribution in [2.24, 2.45) is 0 Å². The first-order valence-corrected chi connectivity index (χ1v) is 14.0. The number of nitro benzene ring substituents is 1. The number of nitrogens with zero attached hydrogens (tertiary/aromatic N) is 2. The van der Waals surface area contributed by atoms with Crippen LogP contribution in [0.3, 0.4) is 0 Å². The van der Waals surface area contributed by atoms with E-state index in [1.807, 2.05) is 0 Å². The summed E-state index contributed by atoms with van der Waals surface area (Å²) in [6.45, 7) is -0.515. The molecule has 1 amide bonds. The summed E-state index contributed by atoms with van der Waals surface area (Å²) in [4.78, 5) is 40.1. The number of non-ortho nitro benzene ring substituents is 1. The van der Waals surface area contributed by atoms with Crippen molar-refractivity contribution >= 4 is 43.3 Å². The highest BCUT2D eigenvalue weighted by Gasteiger charge is 2.38. The van der Waals surface area contributed by atoms with Crippen molar-refractivity contribution in [2.75, 3.05) is 0 Å². The molecular weight excluding hydrogens is 558 g/mol. The molecule has 6 rings (SSSR count). The molecule has 13 heteroatoms. The number of carbonyl (C=O) groups is 1. The van der Waals surface area contributed by atoms with Gasteiger partial charge in [-0.1, -0.05) is 24.3 Å². The standard InChI is InChI=1S/C28H20F2N4O6S/c29-21-10-7-16(34(37)38)12-15(21)14-33-23-13-22(30)18-4-1-2-5-19(18)24(23)25(20-6-3-11-31-27(20)35)26(33)28(36)32-41(39,40)17-8-9-17/h1-7,10-13,17H,8-9,14H2,(H,31,35)(H,32,36). The van der Waals surface area contributed by atoms with Gasteiger partial charge >= 0.3 is 0 Å². The zero-order valence-electron chi connectivity index (χ0n) is 21.1. The molecule has 0 spiro atoms. The second kappa shape index (κ2) is 9.63. The molecule has 0 aliphatic heterocycles. The van der Waals surface area contributed by atoms with Crippen LogP contribution < -0.4 is 10.3 Å². The molecule has 0 radical (unpaired) electrons. The molecule has 2 N–H and O–H groups in total. The van der Waals surface area contributed by atoms with Crippen molar-refractivity contribution in [2.45, 2.75) is 24.6 Å². The van der Waals surface area contributed by atoms with Crippen LogP contribution in [0.15, 0.2) is 71.7 Å². The molecule has 0 bridgehead atoms. The lowest BCUT2D eigenvalue weighted by molar-refractivity contribution is -0.385. The Balaban J connectivity index is 1.73. The number of hydrogen-bond donors (Lipinski definition) is 2. The van der Waals surface area contributed by atoms with Gasteiger partial charge in [0.2, 0.25) is 10.0 Å². The molecule has 1 aliphatic carbocycles. The Labute approximate surface area is 230 Å². The van der Waals surface area contributed by atoms with E-state index in [4.69, 9.17) is 0 Å². The number of aromatic nitrogens is 2. The van der Waals surface area contributed by atoms with Crippen LogP contribution in [0.4, 0.5) is 14.5 Å². The van der Waals surface area contributed by atoms with Crippen molar-refractivity contribution in [1.29, 1.82) is 0 Å². The van der Waals surface area contributed by atoms with E-state index >= 15 is 8.78 Å². The summed E-state index contributed by atoms with van der Waals surface area (Å²) in [7, 11) is -4.08. The highest BCUT2D eigenvalue weighted by Crippen LogP contribution is 2.40. The molecule has 41 heavy (non-hydrogen) atoms. The minimum absolute atomic E-state index is 0.00684. The SMILES string of the molecule is O=C(NS(=O)(=O)C1CC1)c1c(-c2ccc[nH]c2=O)c2c3ccccc3c(F)cc2n1Cc1cc([N+](=O)[O-])ccc1F. The molecule has 0 unspecified atom stereocenters. The molecule has 208 valence electrons. The third-order valence-corrected chi connectivity index (χ3v) is 8.91. The monoisotopic (exact) mass is 578 g/mol. The first kappa shape index (κ1) is 26.3. The van der Waals surface area contributed by atoms with E-state index in [0.717, 1.165) is 24.3 Å².